The second-order valence-electron chi connectivity index (χ2n) is 4.62. The first-order valence-corrected chi connectivity index (χ1v) is 5.61. The van der Waals surface area contributed by atoms with Gasteiger partial charge in [-0.2, -0.15) is 0 Å². The second-order valence-corrected chi connectivity index (χ2v) is 4.62. The van der Waals surface area contributed by atoms with Gasteiger partial charge in [-0.05, 0) is 25.5 Å². The summed E-state index contributed by atoms with van der Waals surface area (Å²) in [5.41, 5.74) is 1.31. The van der Waals surface area contributed by atoms with Crippen LogP contribution in [0.2, 0.25) is 0 Å². The van der Waals surface area contributed by atoms with Crippen LogP contribution in [0.25, 0.3) is 0 Å². The molecule has 80 valence electrons. The highest BCUT2D eigenvalue weighted by Gasteiger charge is 2.35. The molecule has 0 bridgehead atoms. The third-order valence-electron chi connectivity index (χ3n) is 3.55. The summed E-state index contributed by atoms with van der Waals surface area (Å²) in [6.07, 6.45) is 2.98. The van der Waals surface area contributed by atoms with Gasteiger partial charge in [0.1, 0.15) is 0 Å². The molecule has 1 aromatic rings. The number of pyridine rings is 1. The minimum Gasteiger partial charge on any atom is -0.477 e. The Balaban J connectivity index is 2.01. The van der Waals surface area contributed by atoms with Crippen molar-refractivity contribution in [3.63, 3.8) is 0 Å². The lowest BCUT2D eigenvalue weighted by Crippen LogP contribution is -2.15. The maximum absolute atomic E-state index is 5.69. The van der Waals surface area contributed by atoms with E-state index in [1.54, 1.807) is 0 Å². The molecule has 0 spiro atoms. The molecule has 15 heavy (non-hydrogen) atoms. The molecule has 0 aliphatic carbocycles. The molecule has 0 radical (unpaired) electrons. The normalized spacial score (nSPS) is 30.2. The first kappa shape index (κ1) is 9.16. The molecule has 1 unspecified atom stereocenters. The van der Waals surface area contributed by atoms with Crippen molar-refractivity contribution in [1.29, 1.82) is 0 Å². The van der Waals surface area contributed by atoms with Gasteiger partial charge in [0.05, 0.1) is 6.61 Å². The fraction of sp³-hybridized carbons (Fsp3) is 0.583. The summed E-state index contributed by atoms with van der Waals surface area (Å²) in [4.78, 5) is 6.74. The number of likely N-dealkylation sites (N-methyl/N-ethyl adjacent to an activating group) is 1. The van der Waals surface area contributed by atoms with Crippen molar-refractivity contribution in [2.45, 2.75) is 12.3 Å². The Hall–Kier alpha value is -1.09. The van der Waals surface area contributed by atoms with Crippen molar-refractivity contribution in [3.05, 3.63) is 23.9 Å². The summed E-state index contributed by atoms with van der Waals surface area (Å²) in [5.74, 6) is 2.24. The lowest BCUT2D eigenvalue weighted by Gasteiger charge is -2.14. The van der Waals surface area contributed by atoms with Gasteiger partial charge in [-0.15, -0.1) is 0 Å². The van der Waals surface area contributed by atoms with Gasteiger partial charge < -0.3 is 9.64 Å². The zero-order valence-corrected chi connectivity index (χ0v) is 9.02. The molecule has 3 heteroatoms. The fourth-order valence-electron chi connectivity index (χ4n) is 2.84. The predicted octanol–water partition coefficient (Wildman–Crippen LogP) is 1.51. The Kier molecular flexibility index (Phi) is 2.13. The molecule has 1 aromatic heterocycles. The highest BCUT2D eigenvalue weighted by molar-refractivity contribution is 5.32. The monoisotopic (exact) mass is 204 g/mol. The standard InChI is InChI=1S/C12H16N2O/c1-14-7-9-4-6-15-12-10(11(9)8-14)3-2-5-13-12/h2-3,5,9,11H,4,6-8H2,1H3/t9?,11-/m0/s1. The largest absolute Gasteiger partial charge is 0.477 e. The molecular weight excluding hydrogens is 188 g/mol. The quantitative estimate of drug-likeness (QED) is 0.640. The lowest BCUT2D eigenvalue weighted by atomic mass is 9.88. The number of nitrogens with zero attached hydrogens (tertiary/aromatic N) is 2. The van der Waals surface area contributed by atoms with E-state index >= 15 is 0 Å². The van der Waals surface area contributed by atoms with E-state index < -0.39 is 0 Å². The minimum atomic E-state index is 0.626. The molecule has 3 rings (SSSR count). The smallest absolute Gasteiger partial charge is 0.216 e. The number of aromatic nitrogens is 1. The number of fused-ring (bicyclic) bond motifs is 3. The first-order chi connectivity index (χ1) is 7.34. The number of rotatable bonds is 0. The van der Waals surface area contributed by atoms with E-state index in [9.17, 15) is 0 Å². The fourth-order valence-corrected chi connectivity index (χ4v) is 2.84. The summed E-state index contributed by atoms with van der Waals surface area (Å²) in [5, 5.41) is 0. The van der Waals surface area contributed by atoms with Crippen molar-refractivity contribution in [2.24, 2.45) is 5.92 Å². The number of hydrogen-bond acceptors (Lipinski definition) is 3. The molecule has 2 aliphatic heterocycles. The van der Waals surface area contributed by atoms with E-state index in [2.05, 4.69) is 23.0 Å². The van der Waals surface area contributed by atoms with Crippen molar-refractivity contribution in [3.8, 4) is 5.88 Å². The number of likely N-dealkylation sites (tertiary alicyclic amines) is 1. The molecule has 1 saturated heterocycles. The van der Waals surface area contributed by atoms with Crippen LogP contribution in [-0.4, -0.2) is 36.6 Å². The first-order valence-electron chi connectivity index (χ1n) is 5.61. The van der Waals surface area contributed by atoms with E-state index in [1.807, 2.05) is 12.3 Å². The molecule has 0 amide bonds. The summed E-state index contributed by atoms with van der Waals surface area (Å²) >= 11 is 0. The van der Waals surface area contributed by atoms with Crippen molar-refractivity contribution >= 4 is 0 Å². The Morgan fingerprint density at radius 3 is 3.33 bits per heavy atom. The molecule has 2 aliphatic rings. The SMILES string of the molecule is CN1CC2CCOc3ncccc3[C@H]2C1. The van der Waals surface area contributed by atoms with E-state index in [4.69, 9.17) is 4.74 Å². The predicted molar refractivity (Wildman–Crippen MR) is 58.1 cm³/mol. The van der Waals surface area contributed by atoms with Crippen LogP contribution in [0.3, 0.4) is 0 Å². The number of hydrogen-bond donors (Lipinski definition) is 0. The Labute approximate surface area is 90.1 Å². The highest BCUT2D eigenvalue weighted by atomic mass is 16.5. The van der Waals surface area contributed by atoms with Gasteiger partial charge in [0.15, 0.2) is 0 Å². The van der Waals surface area contributed by atoms with Gasteiger partial charge in [0.25, 0.3) is 0 Å². The highest BCUT2D eigenvalue weighted by Crippen LogP contribution is 2.39. The van der Waals surface area contributed by atoms with Crippen LogP contribution in [0.15, 0.2) is 18.3 Å². The van der Waals surface area contributed by atoms with E-state index in [0.717, 1.165) is 31.4 Å². The van der Waals surface area contributed by atoms with Gasteiger partial charge in [0.2, 0.25) is 5.88 Å². The van der Waals surface area contributed by atoms with Crippen LogP contribution < -0.4 is 4.74 Å². The summed E-state index contributed by atoms with van der Waals surface area (Å²) in [7, 11) is 2.20. The Bertz CT molecular complexity index is 366. The zero-order chi connectivity index (χ0) is 10.3. The van der Waals surface area contributed by atoms with Crippen molar-refractivity contribution in [2.75, 3.05) is 26.7 Å². The topological polar surface area (TPSA) is 25.4 Å². The van der Waals surface area contributed by atoms with Crippen molar-refractivity contribution in [1.82, 2.24) is 9.88 Å². The van der Waals surface area contributed by atoms with E-state index in [0.29, 0.717) is 5.92 Å². The van der Waals surface area contributed by atoms with E-state index in [-0.39, 0.29) is 0 Å². The molecular formula is C12H16N2O. The van der Waals surface area contributed by atoms with Crippen LogP contribution >= 0.6 is 0 Å². The second kappa shape index (κ2) is 3.49. The molecule has 3 nitrogen and oxygen atoms in total. The maximum atomic E-state index is 5.69. The molecule has 0 aromatic carbocycles. The molecule has 1 fully saturated rings. The molecule has 0 N–H and O–H groups in total. The Morgan fingerprint density at radius 2 is 2.40 bits per heavy atom. The van der Waals surface area contributed by atoms with Gasteiger partial charge >= 0.3 is 0 Å². The third kappa shape index (κ3) is 1.51. The van der Waals surface area contributed by atoms with Gasteiger partial charge in [-0.1, -0.05) is 6.07 Å². The van der Waals surface area contributed by atoms with Crippen LogP contribution in [0, 0.1) is 5.92 Å². The Morgan fingerprint density at radius 1 is 1.47 bits per heavy atom. The zero-order valence-electron chi connectivity index (χ0n) is 9.02. The summed E-state index contributed by atoms with van der Waals surface area (Å²) in [6.45, 7) is 3.16. The van der Waals surface area contributed by atoms with Crippen molar-refractivity contribution < 1.29 is 4.74 Å². The lowest BCUT2D eigenvalue weighted by molar-refractivity contribution is 0.278. The summed E-state index contributed by atoms with van der Waals surface area (Å²) in [6, 6.07) is 4.19. The van der Waals surface area contributed by atoms with Crippen LogP contribution in [0.5, 0.6) is 5.88 Å². The van der Waals surface area contributed by atoms with Gasteiger partial charge in [-0.3, -0.25) is 0 Å². The average Bonchev–Trinajstić information content (AvgIpc) is 2.52. The van der Waals surface area contributed by atoms with Gasteiger partial charge in [0, 0.05) is 30.8 Å². The van der Waals surface area contributed by atoms with Crippen LogP contribution in [0.1, 0.15) is 17.9 Å². The minimum absolute atomic E-state index is 0.626. The molecule has 2 atom stereocenters. The van der Waals surface area contributed by atoms with Gasteiger partial charge in [-0.25, -0.2) is 4.98 Å². The molecule has 3 heterocycles. The molecule has 0 saturated carbocycles. The van der Waals surface area contributed by atoms with Crippen LogP contribution in [-0.2, 0) is 0 Å². The third-order valence-corrected chi connectivity index (χ3v) is 3.55. The van der Waals surface area contributed by atoms with Crippen LogP contribution in [0.4, 0.5) is 0 Å². The number of ether oxygens (including phenoxy) is 1. The summed E-state index contributed by atoms with van der Waals surface area (Å²) < 4.78 is 5.69. The maximum Gasteiger partial charge on any atom is 0.216 e. The average molecular weight is 204 g/mol. The van der Waals surface area contributed by atoms with E-state index in [1.165, 1.54) is 12.1 Å².